The van der Waals surface area contributed by atoms with Crippen LogP contribution in [0.1, 0.15) is 21.9 Å². The van der Waals surface area contributed by atoms with Crippen molar-refractivity contribution in [2.75, 3.05) is 0 Å². The number of nitrogens with zero attached hydrogens (tertiary/aromatic N) is 4. The van der Waals surface area contributed by atoms with Crippen LogP contribution in [0.3, 0.4) is 0 Å². The van der Waals surface area contributed by atoms with Crippen molar-refractivity contribution < 1.29 is 22.5 Å². The second-order valence-electron chi connectivity index (χ2n) is 3.56. The largest absolute Gasteiger partial charge is 0.456 e. The van der Waals surface area contributed by atoms with E-state index in [2.05, 4.69) is 15.5 Å². The molecule has 0 bridgehead atoms. The van der Waals surface area contributed by atoms with Crippen molar-refractivity contribution in [3.8, 4) is 0 Å². The molecule has 0 fully saturated rings. The van der Waals surface area contributed by atoms with E-state index >= 15 is 0 Å². The molecule has 0 saturated heterocycles. The average Bonchev–Trinajstić information content (AvgIpc) is 2.86. The molecule has 0 aromatic carbocycles. The van der Waals surface area contributed by atoms with Crippen molar-refractivity contribution in [2.24, 2.45) is 0 Å². The number of Topliss-reactive ketones (excluding diaryl/α,β-unsaturated/α-hetero) is 1. The lowest BCUT2D eigenvalue weighted by molar-refractivity contribution is -0.0888. The predicted molar refractivity (Wildman–Crippen MR) is 50.7 cm³/mol. The Bertz CT molecular complexity index is 572. The number of hydrogen-bond donors (Lipinski definition) is 0. The van der Waals surface area contributed by atoms with Crippen LogP contribution in [-0.2, 0) is 6.54 Å². The number of alkyl halides is 3. The van der Waals surface area contributed by atoms with Gasteiger partial charge >= 0.3 is 6.18 Å². The Balaban J connectivity index is 2.14. The fourth-order valence-electron chi connectivity index (χ4n) is 1.28. The van der Waals surface area contributed by atoms with Crippen LogP contribution in [0.25, 0.3) is 0 Å². The van der Waals surface area contributed by atoms with E-state index in [1.807, 2.05) is 0 Å². The Morgan fingerprint density at radius 1 is 1.50 bits per heavy atom. The standard InChI is InChI=1S/C9H7F3N4O2/c1-5-2-6(14-18-5)3-16-4-7(13-15-16)8(17)9(10,11)12/h2,4H,3H2,1H3. The molecule has 0 N–H and O–H groups in total. The summed E-state index contributed by atoms with van der Waals surface area (Å²) in [6, 6.07) is 1.60. The van der Waals surface area contributed by atoms with Crippen LogP contribution < -0.4 is 0 Å². The average molecular weight is 260 g/mol. The summed E-state index contributed by atoms with van der Waals surface area (Å²) in [6.07, 6.45) is -4.04. The lowest BCUT2D eigenvalue weighted by atomic mass is 10.3. The quantitative estimate of drug-likeness (QED) is 0.779. The highest BCUT2D eigenvalue weighted by molar-refractivity contribution is 5.98. The highest BCUT2D eigenvalue weighted by Gasteiger charge is 2.41. The summed E-state index contributed by atoms with van der Waals surface area (Å²) in [5.41, 5.74) is -0.272. The topological polar surface area (TPSA) is 73.8 Å². The van der Waals surface area contributed by atoms with Crippen molar-refractivity contribution in [3.05, 3.63) is 29.4 Å². The normalized spacial score (nSPS) is 11.8. The van der Waals surface area contributed by atoms with Gasteiger partial charge in [0.2, 0.25) is 0 Å². The number of rotatable bonds is 3. The minimum Gasteiger partial charge on any atom is -0.361 e. The van der Waals surface area contributed by atoms with E-state index in [1.54, 1.807) is 13.0 Å². The molecule has 2 aromatic heterocycles. The molecule has 0 aliphatic carbocycles. The first-order chi connectivity index (χ1) is 8.36. The number of hydrogen-bond acceptors (Lipinski definition) is 5. The molecule has 2 rings (SSSR count). The third kappa shape index (κ3) is 2.55. The van der Waals surface area contributed by atoms with Gasteiger partial charge in [0.05, 0.1) is 12.7 Å². The molecule has 2 aromatic rings. The fourth-order valence-corrected chi connectivity index (χ4v) is 1.28. The molecule has 0 aliphatic heterocycles. The van der Waals surface area contributed by atoms with Crippen molar-refractivity contribution in [3.63, 3.8) is 0 Å². The molecular formula is C9H7F3N4O2. The number of aryl methyl sites for hydroxylation is 1. The summed E-state index contributed by atoms with van der Waals surface area (Å²) in [6.45, 7) is 1.76. The first-order valence-corrected chi connectivity index (χ1v) is 4.80. The van der Waals surface area contributed by atoms with Crippen LogP contribution >= 0.6 is 0 Å². The molecule has 0 aliphatic rings. The molecule has 0 radical (unpaired) electrons. The Morgan fingerprint density at radius 2 is 2.22 bits per heavy atom. The minimum atomic E-state index is -4.95. The first kappa shape index (κ1) is 12.3. The Kier molecular flexibility index (Phi) is 2.89. The van der Waals surface area contributed by atoms with E-state index in [0.717, 1.165) is 10.9 Å². The maximum atomic E-state index is 12.1. The number of carbonyl (C=O) groups is 1. The molecule has 18 heavy (non-hydrogen) atoms. The van der Waals surface area contributed by atoms with Gasteiger partial charge in [0.25, 0.3) is 5.78 Å². The Morgan fingerprint density at radius 3 is 2.78 bits per heavy atom. The Hall–Kier alpha value is -2.19. The van der Waals surface area contributed by atoms with Crippen molar-refractivity contribution in [1.29, 1.82) is 0 Å². The van der Waals surface area contributed by atoms with Crippen LogP contribution in [0.15, 0.2) is 16.8 Å². The van der Waals surface area contributed by atoms with Gasteiger partial charge in [-0.3, -0.25) is 4.79 Å². The van der Waals surface area contributed by atoms with Gasteiger partial charge < -0.3 is 4.52 Å². The molecule has 9 heteroatoms. The number of halogens is 3. The van der Waals surface area contributed by atoms with E-state index in [-0.39, 0.29) is 6.54 Å². The number of carbonyl (C=O) groups excluding carboxylic acids is 1. The molecule has 0 amide bonds. The zero-order chi connectivity index (χ0) is 13.3. The van der Waals surface area contributed by atoms with Crippen molar-refractivity contribution >= 4 is 5.78 Å². The van der Waals surface area contributed by atoms with Gasteiger partial charge in [-0.15, -0.1) is 5.10 Å². The molecule has 0 atom stereocenters. The van der Waals surface area contributed by atoms with E-state index in [1.165, 1.54) is 0 Å². The maximum absolute atomic E-state index is 12.1. The predicted octanol–water partition coefficient (Wildman–Crippen LogP) is 1.37. The molecule has 96 valence electrons. The molecule has 0 spiro atoms. The first-order valence-electron chi connectivity index (χ1n) is 4.80. The molecule has 0 saturated carbocycles. The molecule has 0 unspecified atom stereocenters. The lowest BCUT2D eigenvalue weighted by Gasteiger charge is -1.99. The smallest absolute Gasteiger partial charge is 0.361 e. The molecular weight excluding hydrogens is 253 g/mol. The number of ketones is 1. The van der Waals surface area contributed by atoms with Gasteiger partial charge in [0, 0.05) is 6.07 Å². The second kappa shape index (κ2) is 4.24. The van der Waals surface area contributed by atoms with Crippen LogP contribution in [-0.4, -0.2) is 32.1 Å². The van der Waals surface area contributed by atoms with Gasteiger partial charge in [-0.25, -0.2) is 4.68 Å². The zero-order valence-electron chi connectivity index (χ0n) is 9.10. The van der Waals surface area contributed by atoms with Gasteiger partial charge in [-0.1, -0.05) is 10.4 Å². The third-order valence-corrected chi connectivity index (χ3v) is 2.03. The summed E-state index contributed by atoms with van der Waals surface area (Å²) in [5, 5.41) is 10.2. The van der Waals surface area contributed by atoms with Gasteiger partial charge in [-0.05, 0) is 6.92 Å². The van der Waals surface area contributed by atoms with Crippen LogP contribution in [0, 0.1) is 6.92 Å². The summed E-state index contributed by atoms with van der Waals surface area (Å²) >= 11 is 0. The highest BCUT2D eigenvalue weighted by Crippen LogP contribution is 2.19. The van der Waals surface area contributed by atoms with E-state index in [9.17, 15) is 18.0 Å². The minimum absolute atomic E-state index is 0.0788. The molecule has 2 heterocycles. The monoisotopic (exact) mass is 260 g/mol. The summed E-state index contributed by atoms with van der Waals surface area (Å²) in [4.78, 5) is 10.9. The highest BCUT2D eigenvalue weighted by atomic mass is 19.4. The maximum Gasteiger partial charge on any atom is 0.456 e. The van der Waals surface area contributed by atoms with Crippen LogP contribution in [0.5, 0.6) is 0 Å². The van der Waals surface area contributed by atoms with Crippen molar-refractivity contribution in [1.82, 2.24) is 20.2 Å². The fraction of sp³-hybridized carbons (Fsp3) is 0.333. The summed E-state index contributed by atoms with van der Waals surface area (Å²) in [5.74, 6) is -1.46. The number of aromatic nitrogens is 4. The van der Waals surface area contributed by atoms with Crippen molar-refractivity contribution in [2.45, 2.75) is 19.6 Å². The van der Waals surface area contributed by atoms with E-state index in [4.69, 9.17) is 4.52 Å². The lowest BCUT2D eigenvalue weighted by Crippen LogP contribution is -2.23. The zero-order valence-corrected chi connectivity index (χ0v) is 9.10. The Labute approximate surface area is 98.4 Å². The van der Waals surface area contributed by atoms with Gasteiger partial charge in [0.1, 0.15) is 11.5 Å². The third-order valence-electron chi connectivity index (χ3n) is 2.03. The van der Waals surface area contributed by atoms with Gasteiger partial charge in [0.15, 0.2) is 5.69 Å². The molecule has 6 nitrogen and oxygen atoms in total. The second-order valence-corrected chi connectivity index (χ2v) is 3.56. The van der Waals surface area contributed by atoms with Crippen LogP contribution in [0.2, 0.25) is 0 Å². The van der Waals surface area contributed by atoms with E-state index in [0.29, 0.717) is 11.5 Å². The van der Waals surface area contributed by atoms with E-state index < -0.39 is 17.7 Å². The van der Waals surface area contributed by atoms with Crippen LogP contribution in [0.4, 0.5) is 13.2 Å². The SMILES string of the molecule is Cc1cc(Cn2cc(C(=O)C(F)(F)F)nn2)no1. The summed E-state index contributed by atoms with van der Waals surface area (Å²) in [7, 11) is 0. The van der Waals surface area contributed by atoms with Gasteiger partial charge in [-0.2, -0.15) is 13.2 Å². The summed E-state index contributed by atoms with van der Waals surface area (Å²) < 4.78 is 42.2.